The molecule has 1 heterocycles. The van der Waals surface area contributed by atoms with Crippen LogP contribution in [0.25, 0.3) is 0 Å². The van der Waals surface area contributed by atoms with Crippen LogP contribution in [0.15, 0.2) is 12.1 Å². The molecule has 0 saturated carbocycles. The van der Waals surface area contributed by atoms with Crippen LogP contribution < -0.4 is 10.6 Å². The van der Waals surface area contributed by atoms with Crippen LogP contribution in [0.3, 0.4) is 0 Å². The van der Waals surface area contributed by atoms with Gasteiger partial charge in [0.25, 0.3) is 5.69 Å². The standard InChI is InChI=1S/C13H17FIN3O2/c1-8-2-3-9(6-16)7-17(8)12-4-10(14)11(15)5-13(12)18(19)20/h4-5,8-9H,2-3,6-7,16H2,1H3. The second-order valence-corrected chi connectivity index (χ2v) is 6.35. The van der Waals surface area contributed by atoms with E-state index >= 15 is 0 Å². The van der Waals surface area contributed by atoms with Crippen LogP contribution in [0, 0.1) is 25.4 Å². The number of nitro groups is 1. The first-order chi connectivity index (χ1) is 9.43. The summed E-state index contributed by atoms with van der Waals surface area (Å²) in [5.41, 5.74) is 6.02. The Kier molecular flexibility index (Phi) is 4.79. The Hall–Kier alpha value is -0.960. The number of hydrogen-bond acceptors (Lipinski definition) is 4. The fourth-order valence-electron chi connectivity index (χ4n) is 2.61. The van der Waals surface area contributed by atoms with Gasteiger partial charge in [0.05, 0.1) is 8.49 Å². The van der Waals surface area contributed by atoms with E-state index in [-0.39, 0.29) is 15.3 Å². The molecule has 0 amide bonds. The molecule has 2 N–H and O–H groups in total. The van der Waals surface area contributed by atoms with Crippen LogP contribution in [-0.4, -0.2) is 24.1 Å². The summed E-state index contributed by atoms with van der Waals surface area (Å²) in [5.74, 6) is -0.124. The van der Waals surface area contributed by atoms with Crippen LogP contribution in [-0.2, 0) is 0 Å². The predicted molar refractivity (Wildman–Crippen MR) is 84.4 cm³/mol. The van der Waals surface area contributed by atoms with E-state index in [1.165, 1.54) is 12.1 Å². The molecule has 0 aliphatic carbocycles. The van der Waals surface area contributed by atoms with E-state index in [4.69, 9.17) is 5.73 Å². The van der Waals surface area contributed by atoms with Crippen molar-refractivity contribution in [2.24, 2.45) is 11.7 Å². The number of anilines is 1. The number of hydrogen-bond donors (Lipinski definition) is 1. The molecule has 20 heavy (non-hydrogen) atoms. The molecule has 1 aliphatic heterocycles. The number of benzene rings is 1. The van der Waals surface area contributed by atoms with Crippen LogP contribution in [0.5, 0.6) is 0 Å². The third kappa shape index (κ3) is 3.03. The Morgan fingerprint density at radius 1 is 1.55 bits per heavy atom. The van der Waals surface area contributed by atoms with E-state index < -0.39 is 10.7 Å². The van der Waals surface area contributed by atoms with E-state index in [0.717, 1.165) is 12.8 Å². The van der Waals surface area contributed by atoms with Gasteiger partial charge in [-0.15, -0.1) is 0 Å². The molecule has 5 nitrogen and oxygen atoms in total. The maximum atomic E-state index is 13.8. The number of nitrogens with zero attached hydrogens (tertiary/aromatic N) is 2. The molecule has 7 heteroatoms. The van der Waals surface area contributed by atoms with Gasteiger partial charge >= 0.3 is 0 Å². The molecule has 0 radical (unpaired) electrons. The van der Waals surface area contributed by atoms with Crippen LogP contribution in [0.2, 0.25) is 0 Å². The lowest BCUT2D eigenvalue weighted by molar-refractivity contribution is -0.384. The second kappa shape index (κ2) is 6.21. The van der Waals surface area contributed by atoms with Crippen molar-refractivity contribution in [3.63, 3.8) is 0 Å². The average Bonchev–Trinajstić information content (AvgIpc) is 2.42. The highest BCUT2D eigenvalue weighted by molar-refractivity contribution is 14.1. The van der Waals surface area contributed by atoms with Gasteiger partial charge in [0.2, 0.25) is 0 Å². The highest BCUT2D eigenvalue weighted by Gasteiger charge is 2.30. The average molecular weight is 393 g/mol. The van der Waals surface area contributed by atoms with Crippen molar-refractivity contribution in [2.45, 2.75) is 25.8 Å². The number of nitrogens with two attached hydrogens (primary N) is 1. The molecule has 110 valence electrons. The third-order valence-electron chi connectivity index (χ3n) is 3.84. The highest BCUT2D eigenvalue weighted by Crippen LogP contribution is 2.36. The van der Waals surface area contributed by atoms with Crippen molar-refractivity contribution >= 4 is 34.0 Å². The van der Waals surface area contributed by atoms with Crippen LogP contribution >= 0.6 is 22.6 Å². The van der Waals surface area contributed by atoms with Crippen LogP contribution in [0.1, 0.15) is 19.8 Å². The zero-order valence-corrected chi connectivity index (χ0v) is 13.3. The van der Waals surface area contributed by atoms with Gasteiger partial charge in [-0.25, -0.2) is 4.39 Å². The SMILES string of the molecule is CC1CCC(CN)CN1c1cc(F)c(I)cc1[N+](=O)[O-]. The lowest BCUT2D eigenvalue weighted by atomic mass is 9.93. The largest absolute Gasteiger partial charge is 0.363 e. The maximum Gasteiger partial charge on any atom is 0.293 e. The molecule has 1 aromatic carbocycles. The van der Waals surface area contributed by atoms with E-state index in [1.807, 2.05) is 11.8 Å². The van der Waals surface area contributed by atoms with Gasteiger partial charge < -0.3 is 10.6 Å². The van der Waals surface area contributed by atoms with Crippen molar-refractivity contribution < 1.29 is 9.31 Å². The van der Waals surface area contributed by atoms with Gasteiger partial charge in [-0.05, 0) is 54.8 Å². The van der Waals surface area contributed by atoms with Crippen molar-refractivity contribution in [1.29, 1.82) is 0 Å². The molecular formula is C13H17FIN3O2. The van der Waals surface area contributed by atoms with Gasteiger partial charge in [-0.1, -0.05) is 0 Å². The van der Waals surface area contributed by atoms with Crippen molar-refractivity contribution in [2.75, 3.05) is 18.0 Å². The zero-order valence-electron chi connectivity index (χ0n) is 11.2. The van der Waals surface area contributed by atoms with Crippen molar-refractivity contribution in [1.82, 2.24) is 0 Å². The summed E-state index contributed by atoms with van der Waals surface area (Å²) in [7, 11) is 0. The Labute approximate surface area is 130 Å². The minimum absolute atomic E-state index is 0.0414. The summed E-state index contributed by atoms with van der Waals surface area (Å²) in [4.78, 5) is 12.7. The summed E-state index contributed by atoms with van der Waals surface area (Å²) < 4.78 is 14.1. The molecule has 1 saturated heterocycles. The lowest BCUT2D eigenvalue weighted by Gasteiger charge is -2.39. The number of halogens is 2. The minimum atomic E-state index is -0.449. The first kappa shape index (κ1) is 15.4. The van der Waals surface area contributed by atoms with Crippen molar-refractivity contribution in [3.05, 3.63) is 31.6 Å². The summed E-state index contributed by atoms with van der Waals surface area (Å²) in [6.45, 7) is 3.19. The van der Waals surface area contributed by atoms with Gasteiger partial charge in [-0.2, -0.15) is 0 Å². The number of rotatable bonds is 3. The molecule has 0 aromatic heterocycles. The van der Waals surface area contributed by atoms with E-state index in [2.05, 4.69) is 0 Å². The van der Waals surface area contributed by atoms with Crippen molar-refractivity contribution in [3.8, 4) is 0 Å². The molecular weight excluding hydrogens is 376 g/mol. The Bertz CT molecular complexity index is 527. The third-order valence-corrected chi connectivity index (χ3v) is 4.66. The lowest BCUT2D eigenvalue weighted by Crippen LogP contribution is -2.44. The quantitative estimate of drug-likeness (QED) is 0.487. The Morgan fingerprint density at radius 2 is 2.25 bits per heavy atom. The summed E-state index contributed by atoms with van der Waals surface area (Å²) >= 11 is 1.77. The smallest absolute Gasteiger partial charge is 0.293 e. The highest BCUT2D eigenvalue weighted by atomic mass is 127. The molecule has 1 fully saturated rings. The van der Waals surface area contributed by atoms with Gasteiger partial charge in [0.15, 0.2) is 0 Å². The van der Waals surface area contributed by atoms with Gasteiger partial charge in [0, 0.05) is 24.7 Å². The minimum Gasteiger partial charge on any atom is -0.363 e. The van der Waals surface area contributed by atoms with Gasteiger partial charge in [-0.3, -0.25) is 10.1 Å². The molecule has 0 bridgehead atoms. The second-order valence-electron chi connectivity index (χ2n) is 5.19. The number of piperidine rings is 1. The Morgan fingerprint density at radius 3 is 2.85 bits per heavy atom. The molecule has 2 atom stereocenters. The van der Waals surface area contributed by atoms with E-state index in [0.29, 0.717) is 24.7 Å². The maximum absolute atomic E-state index is 13.8. The first-order valence-electron chi connectivity index (χ1n) is 6.54. The van der Waals surface area contributed by atoms with Crippen LogP contribution in [0.4, 0.5) is 15.8 Å². The summed E-state index contributed by atoms with van der Waals surface area (Å²) in [6.07, 6.45) is 1.92. The monoisotopic (exact) mass is 393 g/mol. The van der Waals surface area contributed by atoms with E-state index in [1.54, 1.807) is 22.6 Å². The normalized spacial score (nSPS) is 22.9. The fourth-order valence-corrected chi connectivity index (χ4v) is 3.06. The fraction of sp³-hybridized carbons (Fsp3) is 0.538. The topological polar surface area (TPSA) is 72.4 Å². The Balaban J connectivity index is 2.44. The molecule has 2 rings (SSSR count). The first-order valence-corrected chi connectivity index (χ1v) is 7.62. The molecule has 2 unspecified atom stereocenters. The number of nitro benzene ring substituents is 1. The van der Waals surface area contributed by atoms with Gasteiger partial charge in [0.1, 0.15) is 11.5 Å². The summed E-state index contributed by atoms with van der Waals surface area (Å²) in [6, 6.07) is 2.72. The van der Waals surface area contributed by atoms with E-state index in [9.17, 15) is 14.5 Å². The predicted octanol–water partition coefficient (Wildman–Crippen LogP) is 2.90. The molecule has 0 spiro atoms. The summed E-state index contributed by atoms with van der Waals surface area (Å²) in [5, 5.41) is 11.2. The molecule has 1 aromatic rings. The zero-order chi connectivity index (χ0) is 14.9. The molecule has 1 aliphatic rings.